The Morgan fingerprint density at radius 2 is 2.32 bits per heavy atom. The van der Waals surface area contributed by atoms with Crippen molar-refractivity contribution in [3.63, 3.8) is 0 Å². The van der Waals surface area contributed by atoms with E-state index in [9.17, 15) is 9.18 Å². The van der Waals surface area contributed by atoms with Crippen molar-refractivity contribution in [2.75, 3.05) is 6.61 Å². The van der Waals surface area contributed by atoms with Crippen LogP contribution in [0.25, 0.3) is 0 Å². The van der Waals surface area contributed by atoms with Gasteiger partial charge in [0.1, 0.15) is 6.61 Å². The number of ether oxygens (including phenoxy) is 2. The van der Waals surface area contributed by atoms with Crippen molar-refractivity contribution in [1.82, 2.24) is 0 Å². The lowest BCUT2D eigenvalue weighted by molar-refractivity contribution is -0.0330. The summed E-state index contributed by atoms with van der Waals surface area (Å²) in [6.07, 6.45) is 1.78. The molecule has 19 heavy (non-hydrogen) atoms. The van der Waals surface area contributed by atoms with Crippen LogP contribution in [0.4, 0.5) is 4.39 Å². The Morgan fingerprint density at radius 3 is 2.84 bits per heavy atom. The largest absolute Gasteiger partial charge is 0.488 e. The quantitative estimate of drug-likeness (QED) is 0.912. The standard InChI is InChI=1S/C14H17FO4/c1-14(2)6-5-10(19-14)8-18-12-4-3-9(13(16)17)7-11(12)15/h3-4,7,10H,5-6,8H2,1-2H3,(H,16,17). The Hall–Kier alpha value is -1.62. The smallest absolute Gasteiger partial charge is 0.335 e. The van der Waals surface area contributed by atoms with E-state index in [1.54, 1.807) is 0 Å². The van der Waals surface area contributed by atoms with Gasteiger partial charge in [0, 0.05) is 0 Å². The van der Waals surface area contributed by atoms with Crippen molar-refractivity contribution in [2.45, 2.75) is 38.4 Å². The molecule has 1 atom stereocenters. The van der Waals surface area contributed by atoms with Gasteiger partial charge in [0.25, 0.3) is 0 Å². The molecule has 5 heteroatoms. The third-order valence-corrected chi connectivity index (χ3v) is 3.16. The second-order valence-electron chi connectivity index (χ2n) is 5.30. The SMILES string of the molecule is CC1(C)CCC(COc2ccc(C(=O)O)cc2F)O1. The Kier molecular flexibility index (Phi) is 3.75. The Bertz CT molecular complexity index is 484. The van der Waals surface area contributed by atoms with Gasteiger partial charge >= 0.3 is 5.97 Å². The highest BCUT2D eigenvalue weighted by atomic mass is 19.1. The lowest BCUT2D eigenvalue weighted by atomic mass is 10.1. The molecule has 1 fully saturated rings. The van der Waals surface area contributed by atoms with Crippen LogP contribution in [-0.2, 0) is 4.74 Å². The van der Waals surface area contributed by atoms with Crippen LogP contribution < -0.4 is 4.74 Å². The maximum Gasteiger partial charge on any atom is 0.335 e. The molecular weight excluding hydrogens is 251 g/mol. The van der Waals surface area contributed by atoms with E-state index in [2.05, 4.69) is 0 Å². The van der Waals surface area contributed by atoms with E-state index in [0.717, 1.165) is 18.9 Å². The van der Waals surface area contributed by atoms with Gasteiger partial charge in [-0.2, -0.15) is 0 Å². The molecule has 1 saturated heterocycles. The van der Waals surface area contributed by atoms with Gasteiger partial charge in [0.05, 0.1) is 17.3 Å². The van der Waals surface area contributed by atoms with Gasteiger partial charge in [-0.1, -0.05) is 0 Å². The summed E-state index contributed by atoms with van der Waals surface area (Å²) in [6.45, 7) is 4.29. The Morgan fingerprint density at radius 1 is 1.58 bits per heavy atom. The first-order valence-electron chi connectivity index (χ1n) is 6.21. The van der Waals surface area contributed by atoms with Crippen LogP contribution in [0.2, 0.25) is 0 Å². The van der Waals surface area contributed by atoms with Crippen molar-refractivity contribution >= 4 is 5.97 Å². The molecule has 4 nitrogen and oxygen atoms in total. The molecule has 1 aromatic rings. The molecule has 0 radical (unpaired) electrons. The van der Waals surface area contributed by atoms with Crippen molar-refractivity contribution < 1.29 is 23.8 Å². The zero-order chi connectivity index (χ0) is 14.0. The number of rotatable bonds is 4. The van der Waals surface area contributed by atoms with Gasteiger partial charge in [-0.25, -0.2) is 9.18 Å². The van der Waals surface area contributed by atoms with E-state index in [0.29, 0.717) is 0 Å². The van der Waals surface area contributed by atoms with Crippen LogP contribution in [0, 0.1) is 5.82 Å². The highest BCUT2D eigenvalue weighted by Crippen LogP contribution is 2.30. The number of hydrogen-bond donors (Lipinski definition) is 1. The lowest BCUT2D eigenvalue weighted by Crippen LogP contribution is -2.24. The van der Waals surface area contributed by atoms with Gasteiger partial charge in [0.2, 0.25) is 0 Å². The summed E-state index contributed by atoms with van der Waals surface area (Å²) in [4.78, 5) is 10.7. The van der Waals surface area contributed by atoms with Crippen LogP contribution in [0.5, 0.6) is 5.75 Å². The maximum absolute atomic E-state index is 13.6. The fraction of sp³-hybridized carbons (Fsp3) is 0.500. The van der Waals surface area contributed by atoms with Crippen molar-refractivity contribution in [3.05, 3.63) is 29.6 Å². The second kappa shape index (κ2) is 5.17. The highest BCUT2D eigenvalue weighted by molar-refractivity contribution is 5.87. The number of carboxylic acid groups (broad SMARTS) is 1. The molecule has 0 spiro atoms. The summed E-state index contributed by atoms with van der Waals surface area (Å²) in [6, 6.07) is 3.61. The molecule has 1 unspecified atom stereocenters. The topological polar surface area (TPSA) is 55.8 Å². The predicted octanol–water partition coefficient (Wildman–Crippen LogP) is 2.86. The van der Waals surface area contributed by atoms with Crippen LogP contribution in [0.3, 0.4) is 0 Å². The number of carboxylic acids is 1. The summed E-state index contributed by atoms with van der Waals surface area (Å²) in [5, 5.41) is 8.73. The third-order valence-electron chi connectivity index (χ3n) is 3.16. The molecule has 1 aliphatic heterocycles. The van der Waals surface area contributed by atoms with Crippen molar-refractivity contribution in [2.24, 2.45) is 0 Å². The number of hydrogen-bond acceptors (Lipinski definition) is 3. The normalized spacial score (nSPS) is 21.3. The molecule has 1 aromatic carbocycles. The zero-order valence-corrected chi connectivity index (χ0v) is 11.0. The molecular formula is C14H17FO4. The zero-order valence-electron chi connectivity index (χ0n) is 11.0. The number of halogens is 1. The maximum atomic E-state index is 13.6. The molecule has 0 amide bonds. The summed E-state index contributed by atoms with van der Waals surface area (Å²) >= 11 is 0. The van der Waals surface area contributed by atoms with Gasteiger partial charge in [-0.15, -0.1) is 0 Å². The van der Waals surface area contributed by atoms with Crippen molar-refractivity contribution in [1.29, 1.82) is 0 Å². The van der Waals surface area contributed by atoms with Gasteiger partial charge < -0.3 is 14.6 Å². The molecule has 1 heterocycles. The van der Waals surface area contributed by atoms with Gasteiger partial charge in [-0.3, -0.25) is 0 Å². The van der Waals surface area contributed by atoms with Crippen LogP contribution in [0.15, 0.2) is 18.2 Å². The molecule has 104 valence electrons. The molecule has 1 aliphatic rings. The number of benzene rings is 1. The minimum Gasteiger partial charge on any atom is -0.488 e. The van der Waals surface area contributed by atoms with Crippen molar-refractivity contribution in [3.8, 4) is 5.75 Å². The van der Waals surface area contributed by atoms with E-state index >= 15 is 0 Å². The van der Waals surface area contributed by atoms with E-state index in [4.69, 9.17) is 14.6 Å². The minimum absolute atomic E-state index is 0.0476. The summed E-state index contributed by atoms with van der Waals surface area (Å²) in [7, 11) is 0. The minimum atomic E-state index is -1.16. The van der Waals surface area contributed by atoms with Crippen LogP contribution in [-0.4, -0.2) is 29.4 Å². The first-order chi connectivity index (χ1) is 8.87. The van der Waals surface area contributed by atoms with Crippen LogP contribution in [0.1, 0.15) is 37.0 Å². The fourth-order valence-electron chi connectivity index (χ4n) is 2.13. The monoisotopic (exact) mass is 268 g/mol. The van der Waals surface area contributed by atoms with E-state index < -0.39 is 11.8 Å². The Labute approximate surface area is 111 Å². The number of aromatic carboxylic acids is 1. The Balaban J connectivity index is 1.95. The first-order valence-corrected chi connectivity index (χ1v) is 6.21. The molecule has 0 bridgehead atoms. The van der Waals surface area contributed by atoms with Gasteiger partial charge in [0.15, 0.2) is 11.6 Å². The van der Waals surface area contributed by atoms with Gasteiger partial charge in [-0.05, 0) is 44.9 Å². The second-order valence-corrected chi connectivity index (χ2v) is 5.30. The van der Waals surface area contributed by atoms with E-state index in [1.165, 1.54) is 12.1 Å². The van der Waals surface area contributed by atoms with E-state index in [1.807, 2.05) is 13.8 Å². The summed E-state index contributed by atoms with van der Waals surface area (Å²) in [5.41, 5.74) is -0.247. The summed E-state index contributed by atoms with van der Waals surface area (Å²) in [5.74, 6) is -1.78. The average molecular weight is 268 g/mol. The molecule has 1 N–H and O–H groups in total. The predicted molar refractivity (Wildman–Crippen MR) is 67.0 cm³/mol. The number of carbonyl (C=O) groups is 1. The molecule has 2 rings (SSSR count). The third kappa shape index (κ3) is 3.44. The van der Waals surface area contributed by atoms with E-state index in [-0.39, 0.29) is 29.6 Å². The highest BCUT2D eigenvalue weighted by Gasteiger charge is 2.32. The molecule has 0 aliphatic carbocycles. The fourth-order valence-corrected chi connectivity index (χ4v) is 2.13. The summed E-state index contributed by atoms with van der Waals surface area (Å²) < 4.78 is 24.7. The average Bonchev–Trinajstić information content (AvgIpc) is 2.67. The van der Waals surface area contributed by atoms with Crippen LogP contribution >= 0.6 is 0 Å². The lowest BCUT2D eigenvalue weighted by Gasteiger charge is -2.19. The first kappa shape index (κ1) is 13.8. The molecule has 0 aromatic heterocycles. The molecule has 0 saturated carbocycles.